The van der Waals surface area contributed by atoms with Gasteiger partial charge in [0.25, 0.3) is 0 Å². The fraction of sp³-hybridized carbons (Fsp3) is 0.741. The predicted octanol–water partition coefficient (Wildman–Crippen LogP) is 15.1. The van der Waals surface area contributed by atoms with Gasteiger partial charge in [-0.05, 0) is 81.7 Å². The molecule has 0 fully saturated rings. The van der Waals surface area contributed by atoms with Gasteiger partial charge in [0.15, 0.2) is 0 Å². The molecule has 0 N–H and O–H groups in total. The van der Waals surface area contributed by atoms with Crippen LogP contribution in [-0.2, 0) is 41.0 Å². The summed E-state index contributed by atoms with van der Waals surface area (Å²) in [5.74, 6) is 1.67. The molecule has 0 spiro atoms. The zero-order chi connectivity index (χ0) is 47.7. The summed E-state index contributed by atoms with van der Waals surface area (Å²) in [4.78, 5) is 0. The molecule has 362 valence electrons. The van der Waals surface area contributed by atoms with Crippen molar-refractivity contribution in [1.29, 1.82) is 0 Å². The lowest BCUT2D eigenvalue weighted by Gasteiger charge is -2.48. The quantitative estimate of drug-likeness (QED) is 0.0424. The molecule has 0 aromatic heterocycles. The van der Waals surface area contributed by atoms with Crippen LogP contribution in [-0.4, -0.2) is 69.2 Å². The van der Waals surface area contributed by atoms with Crippen LogP contribution in [0.15, 0.2) is 66.2 Å². The van der Waals surface area contributed by atoms with E-state index in [1.54, 1.807) is 14.2 Å². The van der Waals surface area contributed by atoms with Crippen LogP contribution >= 0.6 is 0 Å². The molecule has 0 aliphatic heterocycles. The Balaban J connectivity index is 2.55. The van der Waals surface area contributed by atoms with Crippen LogP contribution < -0.4 is 4.74 Å². The van der Waals surface area contributed by atoms with Crippen LogP contribution in [0.1, 0.15) is 142 Å². The molecule has 2 aromatic carbocycles. The molecule has 7 nitrogen and oxygen atoms in total. The van der Waals surface area contributed by atoms with Gasteiger partial charge in [0, 0.05) is 24.9 Å². The zero-order valence-corrected chi connectivity index (χ0v) is 46.0. The molecule has 8 atom stereocenters. The number of ether oxygens (including phenoxy) is 5. The monoisotopic (exact) mass is 913 g/mol. The van der Waals surface area contributed by atoms with Gasteiger partial charge in [-0.1, -0.05) is 172 Å². The fourth-order valence-corrected chi connectivity index (χ4v) is 22.9. The van der Waals surface area contributed by atoms with E-state index in [0.717, 1.165) is 17.7 Å². The average Bonchev–Trinajstić information content (AvgIpc) is 3.21. The molecule has 0 amide bonds. The summed E-state index contributed by atoms with van der Waals surface area (Å²) in [5, 5.41) is 0. The normalized spacial score (nSPS) is 17.1. The van der Waals surface area contributed by atoms with Crippen LogP contribution in [0.5, 0.6) is 5.75 Å². The van der Waals surface area contributed by atoms with E-state index in [9.17, 15) is 0 Å². The SMILES string of the molecule is COCO[C@@H]([C@H](C)[C@@H](O[Si](C(C)C)(C(C)C)C(C)C)[C@H](C)C/C(C)=C\[C@@H](C)[C@H](O[Si](C(C)C)(C(C)C)C(C)C)[C@H](C)COCc1ccccc1)[C@H](C)COCc1ccc(OC)cc1. The van der Waals surface area contributed by atoms with Gasteiger partial charge in [0.05, 0.1) is 51.8 Å². The third kappa shape index (κ3) is 16.2. The van der Waals surface area contributed by atoms with Crippen molar-refractivity contribution in [1.82, 2.24) is 0 Å². The standard InChI is InChI=1S/C54H96O7Si2/c1-37(2)62(38(3)4,39(5)6)60-52(46(16)32-57-34-49-24-22-21-23-25-49)44(14)30-43(13)31-45(15)54(61-63(40(7)8,41(9)10)42(11)12)48(18)53(59-36-55-19)47(17)33-58-35-50-26-28-51(56-20)29-27-50/h21-30,37-42,44-48,52-54H,31-36H2,1-20H3/b43-30-/t44-,45-,46-,47-,48+,52+,53-,54+/m1/s1. The predicted molar refractivity (Wildman–Crippen MR) is 272 cm³/mol. The molecule has 0 aliphatic rings. The second-order valence-electron chi connectivity index (χ2n) is 21.1. The lowest BCUT2D eigenvalue weighted by molar-refractivity contribution is -0.137. The second-order valence-corrected chi connectivity index (χ2v) is 31.9. The van der Waals surface area contributed by atoms with E-state index in [1.165, 1.54) is 11.1 Å². The van der Waals surface area contributed by atoms with Crippen LogP contribution in [0, 0.1) is 29.6 Å². The molecule has 0 saturated heterocycles. The molecule has 63 heavy (non-hydrogen) atoms. The van der Waals surface area contributed by atoms with E-state index in [0.29, 0.717) is 59.7 Å². The summed E-state index contributed by atoms with van der Waals surface area (Å²) in [6.45, 7) is 45.3. The lowest BCUT2D eigenvalue weighted by Crippen LogP contribution is -2.54. The Kier molecular flexibility index (Phi) is 25.2. The van der Waals surface area contributed by atoms with Crippen molar-refractivity contribution in [2.75, 3.05) is 34.2 Å². The van der Waals surface area contributed by atoms with Crippen LogP contribution in [0.4, 0.5) is 0 Å². The van der Waals surface area contributed by atoms with Gasteiger partial charge in [-0.2, -0.15) is 0 Å². The Morgan fingerprint density at radius 3 is 1.38 bits per heavy atom. The summed E-state index contributed by atoms with van der Waals surface area (Å²) < 4.78 is 46.0. The topological polar surface area (TPSA) is 64.6 Å². The Morgan fingerprint density at radius 1 is 0.524 bits per heavy atom. The molecule has 0 radical (unpaired) electrons. The Bertz CT molecular complexity index is 1500. The van der Waals surface area contributed by atoms with Crippen molar-refractivity contribution in [3.05, 3.63) is 77.4 Å². The minimum absolute atomic E-state index is 0.0318. The molecule has 0 saturated carbocycles. The van der Waals surface area contributed by atoms with E-state index < -0.39 is 16.6 Å². The summed E-state index contributed by atoms with van der Waals surface area (Å²) in [6.07, 6.45) is 3.30. The van der Waals surface area contributed by atoms with Gasteiger partial charge in [0.2, 0.25) is 16.6 Å². The molecule has 0 aliphatic carbocycles. The Morgan fingerprint density at radius 2 is 0.952 bits per heavy atom. The molecule has 2 aromatic rings. The van der Waals surface area contributed by atoms with Crippen LogP contribution in [0.25, 0.3) is 0 Å². The van der Waals surface area contributed by atoms with Crippen molar-refractivity contribution in [3.8, 4) is 5.75 Å². The Hall–Kier alpha value is -1.83. The van der Waals surface area contributed by atoms with E-state index in [1.807, 2.05) is 12.1 Å². The fourth-order valence-electron chi connectivity index (χ4n) is 11.4. The summed E-state index contributed by atoms with van der Waals surface area (Å²) in [7, 11) is -1.10. The van der Waals surface area contributed by atoms with Gasteiger partial charge >= 0.3 is 0 Å². The number of benzene rings is 2. The molecule has 2 rings (SSSR count). The van der Waals surface area contributed by atoms with Crippen LogP contribution in [0.3, 0.4) is 0 Å². The van der Waals surface area contributed by atoms with Crippen molar-refractivity contribution >= 4 is 16.6 Å². The summed E-state index contributed by atoms with van der Waals surface area (Å²) >= 11 is 0. The third-order valence-corrected chi connectivity index (χ3v) is 26.4. The first-order chi connectivity index (χ1) is 29.6. The maximum Gasteiger partial charge on any atom is 0.200 e. The van der Waals surface area contributed by atoms with E-state index in [-0.39, 0.29) is 54.7 Å². The molecule has 0 unspecified atom stereocenters. The second kappa shape index (κ2) is 27.7. The number of allylic oxidation sites excluding steroid dienone is 1. The van der Waals surface area contributed by atoms with Crippen molar-refractivity contribution in [3.63, 3.8) is 0 Å². The van der Waals surface area contributed by atoms with Crippen molar-refractivity contribution < 1.29 is 32.5 Å². The van der Waals surface area contributed by atoms with Crippen molar-refractivity contribution in [2.24, 2.45) is 29.6 Å². The highest BCUT2D eigenvalue weighted by Gasteiger charge is 2.50. The summed E-state index contributed by atoms with van der Waals surface area (Å²) in [5.41, 5.74) is 6.53. The van der Waals surface area contributed by atoms with Gasteiger partial charge < -0.3 is 32.5 Å². The van der Waals surface area contributed by atoms with Crippen LogP contribution in [0.2, 0.25) is 33.2 Å². The minimum Gasteiger partial charge on any atom is -0.497 e. The molecular weight excluding hydrogens is 817 g/mol. The molecular formula is C54H96O7Si2. The first kappa shape index (κ1) is 57.3. The van der Waals surface area contributed by atoms with Crippen molar-refractivity contribution in [2.45, 2.75) is 196 Å². The average molecular weight is 914 g/mol. The maximum absolute atomic E-state index is 7.87. The first-order valence-electron chi connectivity index (χ1n) is 24.6. The highest BCUT2D eigenvalue weighted by atomic mass is 28.4. The number of hydrogen-bond donors (Lipinski definition) is 0. The number of methoxy groups -OCH3 is 2. The van der Waals surface area contributed by atoms with Gasteiger partial charge in [-0.15, -0.1) is 0 Å². The van der Waals surface area contributed by atoms with Gasteiger partial charge in [-0.3, -0.25) is 0 Å². The third-order valence-electron chi connectivity index (χ3n) is 14.2. The van der Waals surface area contributed by atoms with E-state index in [4.69, 9.17) is 32.5 Å². The minimum atomic E-state index is -2.30. The van der Waals surface area contributed by atoms with E-state index in [2.05, 4.69) is 173 Å². The van der Waals surface area contributed by atoms with Gasteiger partial charge in [-0.25, -0.2) is 0 Å². The number of rotatable bonds is 31. The molecule has 0 heterocycles. The summed E-state index contributed by atoms with van der Waals surface area (Å²) in [6, 6.07) is 18.6. The first-order valence-corrected chi connectivity index (χ1v) is 28.8. The number of hydrogen-bond acceptors (Lipinski definition) is 7. The van der Waals surface area contributed by atoms with Gasteiger partial charge in [0.1, 0.15) is 12.5 Å². The zero-order valence-electron chi connectivity index (χ0n) is 44.0. The highest BCUT2D eigenvalue weighted by molar-refractivity contribution is 6.78. The smallest absolute Gasteiger partial charge is 0.200 e. The molecule has 0 bridgehead atoms. The lowest BCUT2D eigenvalue weighted by atomic mass is 9.81. The maximum atomic E-state index is 7.87. The highest BCUT2D eigenvalue weighted by Crippen LogP contribution is 2.47. The largest absolute Gasteiger partial charge is 0.497 e. The Labute approximate surface area is 390 Å². The molecule has 9 heteroatoms. The van der Waals surface area contributed by atoms with E-state index >= 15 is 0 Å².